The Balaban J connectivity index is 1.75. The number of carbonyl (C=O) groups is 4. The standard InChI is InChI=1S/C30H43N5O7/c1-6-23-28(21(3)42-33-23)30(39)35-16-8-7-15-34(4)29(38)20(2)32-27(37)19-41-25-18-22(10-12-24(25)40-5)11-13-26(36)31-14-9-17-35/h10,12,18,20H,6-9,11,13-17,19H2,1-5H3,(H,31,36)(H,32,37)/t20-/m0/s1. The molecule has 1 aromatic heterocycles. The van der Waals surface area contributed by atoms with Crippen molar-refractivity contribution in [1.82, 2.24) is 25.6 Å². The Morgan fingerprint density at radius 2 is 1.83 bits per heavy atom. The molecule has 1 aromatic carbocycles. The van der Waals surface area contributed by atoms with Crippen LogP contribution in [-0.2, 0) is 27.2 Å². The second-order valence-corrected chi connectivity index (χ2v) is 10.4. The maximum atomic E-state index is 13.5. The van der Waals surface area contributed by atoms with Crippen molar-refractivity contribution in [3.8, 4) is 11.5 Å². The summed E-state index contributed by atoms with van der Waals surface area (Å²) >= 11 is 0. The van der Waals surface area contributed by atoms with Crippen LogP contribution in [0.2, 0.25) is 0 Å². The van der Waals surface area contributed by atoms with E-state index in [0.29, 0.717) is 86.8 Å². The summed E-state index contributed by atoms with van der Waals surface area (Å²) in [5.74, 6) is 0.409. The molecule has 12 heteroatoms. The maximum absolute atomic E-state index is 13.5. The highest BCUT2D eigenvalue weighted by Crippen LogP contribution is 2.28. The lowest BCUT2D eigenvalue weighted by molar-refractivity contribution is -0.135. The molecular weight excluding hydrogens is 542 g/mol. The van der Waals surface area contributed by atoms with E-state index in [1.165, 1.54) is 7.11 Å². The average Bonchev–Trinajstić information content (AvgIpc) is 3.36. The molecule has 230 valence electrons. The van der Waals surface area contributed by atoms with Crippen molar-refractivity contribution in [2.45, 2.75) is 65.3 Å². The number of ether oxygens (including phenoxy) is 2. The molecule has 2 N–H and O–H groups in total. The molecule has 4 amide bonds. The predicted octanol–water partition coefficient (Wildman–Crippen LogP) is 2.27. The first-order valence-electron chi connectivity index (χ1n) is 14.5. The molecule has 1 aliphatic rings. The van der Waals surface area contributed by atoms with Gasteiger partial charge in [0, 0.05) is 39.6 Å². The van der Waals surface area contributed by atoms with Crippen LogP contribution in [0.5, 0.6) is 11.5 Å². The zero-order valence-corrected chi connectivity index (χ0v) is 25.3. The number of likely N-dealkylation sites (N-methyl/N-ethyl adjacent to an activating group) is 1. The smallest absolute Gasteiger partial charge is 0.259 e. The molecule has 0 aliphatic carbocycles. The molecule has 0 spiro atoms. The molecule has 2 aromatic rings. The van der Waals surface area contributed by atoms with E-state index in [0.717, 1.165) is 5.56 Å². The summed E-state index contributed by atoms with van der Waals surface area (Å²) in [6.07, 6.45) is 3.21. The third-order valence-electron chi connectivity index (χ3n) is 7.22. The summed E-state index contributed by atoms with van der Waals surface area (Å²) in [7, 11) is 3.20. The molecule has 12 nitrogen and oxygen atoms in total. The van der Waals surface area contributed by atoms with Gasteiger partial charge in [0.2, 0.25) is 11.8 Å². The molecule has 0 saturated carbocycles. The lowest BCUT2D eigenvalue weighted by atomic mass is 10.1. The summed E-state index contributed by atoms with van der Waals surface area (Å²) in [6, 6.07) is 4.58. The SMILES string of the molecule is CCc1noc(C)c1C(=O)N1CCCCN(C)C(=O)[C@H](C)NC(=O)COc2cc(ccc2OC)CCC(=O)NCCC1. The van der Waals surface area contributed by atoms with Gasteiger partial charge in [0.25, 0.3) is 11.8 Å². The molecule has 42 heavy (non-hydrogen) atoms. The number of benzene rings is 1. The van der Waals surface area contributed by atoms with Crippen molar-refractivity contribution in [3.63, 3.8) is 0 Å². The molecule has 3 rings (SSSR count). The summed E-state index contributed by atoms with van der Waals surface area (Å²) < 4.78 is 16.3. The van der Waals surface area contributed by atoms with Gasteiger partial charge in [-0.3, -0.25) is 19.2 Å². The van der Waals surface area contributed by atoms with Crippen LogP contribution < -0.4 is 20.1 Å². The molecule has 0 saturated heterocycles. The second kappa shape index (κ2) is 15.8. The van der Waals surface area contributed by atoms with E-state index in [1.807, 2.05) is 13.0 Å². The summed E-state index contributed by atoms with van der Waals surface area (Å²) in [6.45, 7) is 6.81. The van der Waals surface area contributed by atoms with Gasteiger partial charge in [-0.2, -0.15) is 0 Å². The Hall–Kier alpha value is -4.09. The fraction of sp³-hybridized carbons (Fsp3) is 0.567. The number of aromatic nitrogens is 1. The maximum Gasteiger partial charge on any atom is 0.259 e. The van der Waals surface area contributed by atoms with Gasteiger partial charge < -0.3 is 34.4 Å². The van der Waals surface area contributed by atoms with E-state index in [9.17, 15) is 19.2 Å². The van der Waals surface area contributed by atoms with E-state index in [-0.39, 0.29) is 30.7 Å². The minimum Gasteiger partial charge on any atom is -0.493 e. The van der Waals surface area contributed by atoms with Gasteiger partial charge in [-0.25, -0.2) is 0 Å². The molecule has 1 atom stereocenters. The number of aryl methyl sites for hydroxylation is 3. The highest BCUT2D eigenvalue weighted by molar-refractivity contribution is 5.96. The third kappa shape index (κ3) is 8.95. The molecule has 2 heterocycles. The number of hydrogen-bond donors (Lipinski definition) is 2. The number of amides is 4. The Labute approximate surface area is 247 Å². The first kappa shape index (κ1) is 32.4. The normalized spacial score (nSPS) is 18.7. The minimum atomic E-state index is -0.738. The number of rotatable bonds is 3. The van der Waals surface area contributed by atoms with Crippen molar-refractivity contribution >= 4 is 23.6 Å². The molecule has 0 unspecified atom stereocenters. The van der Waals surface area contributed by atoms with E-state index in [1.54, 1.807) is 42.8 Å². The fourth-order valence-corrected chi connectivity index (χ4v) is 4.82. The third-order valence-corrected chi connectivity index (χ3v) is 7.22. The van der Waals surface area contributed by atoms with Crippen molar-refractivity contribution < 1.29 is 33.2 Å². The molecule has 0 fully saturated rings. The van der Waals surface area contributed by atoms with Gasteiger partial charge in [0.15, 0.2) is 18.1 Å². The van der Waals surface area contributed by atoms with Crippen LogP contribution in [0.25, 0.3) is 0 Å². The first-order valence-corrected chi connectivity index (χ1v) is 14.5. The largest absolute Gasteiger partial charge is 0.493 e. The Kier molecular flexibility index (Phi) is 12.2. The molecule has 1 aliphatic heterocycles. The van der Waals surface area contributed by atoms with E-state index in [2.05, 4.69) is 15.8 Å². The van der Waals surface area contributed by atoms with E-state index < -0.39 is 11.9 Å². The van der Waals surface area contributed by atoms with Crippen molar-refractivity contribution in [2.24, 2.45) is 0 Å². The lowest BCUT2D eigenvalue weighted by Gasteiger charge is -2.25. The number of carbonyl (C=O) groups excluding carboxylic acids is 4. The van der Waals surface area contributed by atoms with E-state index in [4.69, 9.17) is 14.0 Å². The number of nitrogens with zero attached hydrogens (tertiary/aromatic N) is 3. The van der Waals surface area contributed by atoms with E-state index >= 15 is 0 Å². The van der Waals surface area contributed by atoms with Crippen LogP contribution in [0.15, 0.2) is 22.7 Å². The minimum absolute atomic E-state index is 0.0995. The van der Waals surface area contributed by atoms with Crippen molar-refractivity contribution in [3.05, 3.63) is 40.8 Å². The van der Waals surface area contributed by atoms with Gasteiger partial charge >= 0.3 is 0 Å². The topological polar surface area (TPSA) is 143 Å². The number of fused-ring (bicyclic) bond motifs is 2. The summed E-state index contributed by atoms with van der Waals surface area (Å²) in [5.41, 5.74) is 1.96. The monoisotopic (exact) mass is 585 g/mol. The van der Waals surface area contributed by atoms with Gasteiger partial charge in [0.1, 0.15) is 17.4 Å². The molecule has 0 radical (unpaired) electrons. The number of nitrogens with one attached hydrogen (secondary N) is 2. The van der Waals surface area contributed by atoms with Gasteiger partial charge in [-0.15, -0.1) is 0 Å². The van der Waals surface area contributed by atoms with Crippen LogP contribution in [0, 0.1) is 6.92 Å². The average molecular weight is 586 g/mol. The zero-order valence-electron chi connectivity index (χ0n) is 25.3. The van der Waals surface area contributed by atoms with Crippen LogP contribution in [-0.4, -0.2) is 91.6 Å². The van der Waals surface area contributed by atoms with Crippen LogP contribution in [0.1, 0.15) is 66.9 Å². The Morgan fingerprint density at radius 1 is 1.10 bits per heavy atom. The van der Waals surface area contributed by atoms with Gasteiger partial charge in [-0.05, 0) is 63.6 Å². The quantitative estimate of drug-likeness (QED) is 0.559. The molecule has 2 bridgehead atoms. The van der Waals surface area contributed by atoms with Gasteiger partial charge in [-0.1, -0.05) is 18.1 Å². The summed E-state index contributed by atoms with van der Waals surface area (Å²) in [4.78, 5) is 54.8. The fourth-order valence-electron chi connectivity index (χ4n) is 4.82. The van der Waals surface area contributed by atoms with Crippen molar-refractivity contribution in [2.75, 3.05) is 46.9 Å². The highest BCUT2D eigenvalue weighted by atomic mass is 16.5. The Morgan fingerprint density at radius 3 is 2.57 bits per heavy atom. The van der Waals surface area contributed by atoms with Crippen LogP contribution in [0.4, 0.5) is 0 Å². The Bertz CT molecular complexity index is 1240. The second-order valence-electron chi connectivity index (χ2n) is 10.4. The highest BCUT2D eigenvalue weighted by Gasteiger charge is 2.25. The zero-order chi connectivity index (χ0) is 30.6. The van der Waals surface area contributed by atoms with Crippen LogP contribution >= 0.6 is 0 Å². The molecular formula is C30H43N5O7. The number of hydrogen-bond acceptors (Lipinski definition) is 8. The summed E-state index contributed by atoms with van der Waals surface area (Å²) in [5, 5.41) is 9.65. The predicted molar refractivity (Wildman–Crippen MR) is 155 cm³/mol. The van der Waals surface area contributed by atoms with Crippen LogP contribution in [0.3, 0.4) is 0 Å². The van der Waals surface area contributed by atoms with Crippen molar-refractivity contribution in [1.29, 1.82) is 0 Å². The van der Waals surface area contributed by atoms with Gasteiger partial charge in [0.05, 0.1) is 12.8 Å². The number of methoxy groups -OCH3 is 1. The lowest BCUT2D eigenvalue weighted by Crippen LogP contribution is -2.47. The first-order chi connectivity index (χ1) is 20.1.